The molecule has 3 rings (SSSR count). The minimum absolute atomic E-state index is 0.186. The van der Waals surface area contributed by atoms with Crippen molar-refractivity contribution in [2.45, 2.75) is 13.8 Å². The smallest absolute Gasteiger partial charge is 0.211 e. The second-order valence-electron chi connectivity index (χ2n) is 5.52. The molecule has 0 saturated carbocycles. The summed E-state index contributed by atoms with van der Waals surface area (Å²) in [5, 5.41) is 3.05. The maximum Gasteiger partial charge on any atom is 0.211 e. The molecule has 0 atom stereocenters. The van der Waals surface area contributed by atoms with E-state index in [1.165, 1.54) is 18.5 Å². The molecule has 122 valence electrons. The van der Waals surface area contributed by atoms with Crippen LogP contribution in [-0.4, -0.2) is 29.6 Å². The van der Waals surface area contributed by atoms with Crippen molar-refractivity contribution in [1.82, 2.24) is 4.98 Å². The number of hydrogen-bond donors (Lipinski definition) is 1. The van der Waals surface area contributed by atoms with Crippen LogP contribution in [0, 0.1) is 0 Å². The highest BCUT2D eigenvalue weighted by Gasteiger charge is 2.25. The number of aromatic nitrogens is 1. The van der Waals surface area contributed by atoms with Gasteiger partial charge in [-0.05, 0) is 44.2 Å². The largest absolute Gasteiger partial charge is 0.372 e. The van der Waals surface area contributed by atoms with Crippen molar-refractivity contribution >= 4 is 22.9 Å². The Hall–Kier alpha value is -2.95. The third kappa shape index (κ3) is 2.93. The number of carbonyl (C=O) groups excluding carboxylic acids is 2. The number of Topliss-reactive ketones (excluding diaryl/α,β-unsaturated/α-hetero) is 1. The van der Waals surface area contributed by atoms with Crippen LogP contribution in [0.3, 0.4) is 0 Å². The number of nitrogens with one attached hydrogen (secondary N) is 1. The zero-order chi connectivity index (χ0) is 17.1. The van der Waals surface area contributed by atoms with Crippen LogP contribution in [0.15, 0.2) is 54.5 Å². The van der Waals surface area contributed by atoms with Crippen molar-refractivity contribution in [3.05, 3.63) is 65.6 Å². The summed E-state index contributed by atoms with van der Waals surface area (Å²) in [7, 11) is 0. The highest BCUT2D eigenvalue weighted by atomic mass is 16.1. The first-order valence-corrected chi connectivity index (χ1v) is 8.00. The van der Waals surface area contributed by atoms with Crippen LogP contribution in [0.5, 0.6) is 0 Å². The quantitative estimate of drug-likeness (QED) is 0.915. The lowest BCUT2D eigenvalue weighted by Crippen LogP contribution is -2.22. The van der Waals surface area contributed by atoms with Crippen molar-refractivity contribution in [3.63, 3.8) is 0 Å². The van der Waals surface area contributed by atoms with E-state index in [2.05, 4.69) is 29.0 Å². The van der Waals surface area contributed by atoms with Gasteiger partial charge in [-0.1, -0.05) is 0 Å². The molecule has 1 N–H and O–H groups in total. The third-order valence-electron chi connectivity index (χ3n) is 4.13. The van der Waals surface area contributed by atoms with Gasteiger partial charge in [-0.15, -0.1) is 0 Å². The number of hydrogen-bond acceptors (Lipinski definition) is 5. The maximum absolute atomic E-state index is 12.5. The lowest BCUT2D eigenvalue weighted by molar-refractivity contribution is 0.0985. The fourth-order valence-corrected chi connectivity index (χ4v) is 2.80. The molecule has 24 heavy (non-hydrogen) atoms. The molecule has 0 radical (unpaired) electrons. The Morgan fingerprint density at radius 2 is 1.71 bits per heavy atom. The van der Waals surface area contributed by atoms with E-state index in [0.717, 1.165) is 24.5 Å². The van der Waals surface area contributed by atoms with Gasteiger partial charge < -0.3 is 10.2 Å². The van der Waals surface area contributed by atoms with Crippen LogP contribution in [-0.2, 0) is 0 Å². The number of ketones is 2. The minimum Gasteiger partial charge on any atom is -0.372 e. The van der Waals surface area contributed by atoms with Crippen molar-refractivity contribution < 1.29 is 9.59 Å². The molecule has 0 amide bonds. The molecule has 0 bridgehead atoms. The zero-order valence-electron chi connectivity index (χ0n) is 13.7. The van der Waals surface area contributed by atoms with Gasteiger partial charge in [-0.25, -0.2) is 0 Å². The van der Waals surface area contributed by atoms with Gasteiger partial charge in [0.1, 0.15) is 0 Å². The predicted molar refractivity (Wildman–Crippen MR) is 94.6 cm³/mol. The first kappa shape index (κ1) is 15.9. The van der Waals surface area contributed by atoms with Gasteiger partial charge in [0, 0.05) is 48.5 Å². The first-order valence-electron chi connectivity index (χ1n) is 8.00. The molecule has 0 fully saturated rings. The molecule has 5 nitrogen and oxygen atoms in total. The topological polar surface area (TPSA) is 62.3 Å². The van der Waals surface area contributed by atoms with Crippen LogP contribution in [0.4, 0.5) is 11.4 Å². The second-order valence-corrected chi connectivity index (χ2v) is 5.52. The van der Waals surface area contributed by atoms with E-state index in [1.54, 1.807) is 6.07 Å². The molecule has 1 aromatic heterocycles. The van der Waals surface area contributed by atoms with E-state index in [4.69, 9.17) is 0 Å². The summed E-state index contributed by atoms with van der Waals surface area (Å²) >= 11 is 0. The first-order chi connectivity index (χ1) is 11.6. The Bertz CT molecular complexity index is 806. The summed E-state index contributed by atoms with van der Waals surface area (Å²) in [4.78, 5) is 30.8. The van der Waals surface area contributed by atoms with Gasteiger partial charge in [-0.3, -0.25) is 14.6 Å². The third-order valence-corrected chi connectivity index (χ3v) is 4.13. The van der Waals surface area contributed by atoms with Crippen LogP contribution in [0.1, 0.15) is 34.6 Å². The Morgan fingerprint density at radius 3 is 2.38 bits per heavy atom. The average molecular weight is 321 g/mol. The molecule has 1 aromatic carbocycles. The summed E-state index contributed by atoms with van der Waals surface area (Å²) in [5.41, 5.74) is 2.91. The van der Waals surface area contributed by atoms with Gasteiger partial charge in [-0.2, -0.15) is 0 Å². The molecule has 0 spiro atoms. The Kier molecular flexibility index (Phi) is 4.42. The molecule has 1 heterocycles. The Labute approximate surface area is 141 Å². The number of nitrogens with zero attached hydrogens (tertiary/aromatic N) is 2. The van der Waals surface area contributed by atoms with E-state index in [-0.39, 0.29) is 17.3 Å². The lowest BCUT2D eigenvalue weighted by Gasteiger charge is -2.21. The molecule has 1 aliphatic carbocycles. The highest BCUT2D eigenvalue weighted by Crippen LogP contribution is 2.23. The number of pyridine rings is 1. The molecular weight excluding hydrogens is 302 g/mol. The summed E-state index contributed by atoms with van der Waals surface area (Å²) in [6.07, 6.45) is 4.30. The van der Waals surface area contributed by atoms with E-state index in [9.17, 15) is 9.59 Å². The maximum atomic E-state index is 12.5. The zero-order valence-corrected chi connectivity index (χ0v) is 13.7. The molecule has 0 aliphatic heterocycles. The number of allylic oxidation sites excluding steroid dienone is 2. The van der Waals surface area contributed by atoms with Crippen LogP contribution in [0.2, 0.25) is 0 Å². The average Bonchev–Trinajstić information content (AvgIpc) is 2.62. The van der Waals surface area contributed by atoms with Crippen molar-refractivity contribution in [3.8, 4) is 0 Å². The normalized spacial score (nSPS) is 13.3. The van der Waals surface area contributed by atoms with Crippen LogP contribution >= 0.6 is 0 Å². The van der Waals surface area contributed by atoms with E-state index < -0.39 is 0 Å². The van der Waals surface area contributed by atoms with Gasteiger partial charge in [0.25, 0.3) is 0 Å². The standard InChI is InChI=1S/C19H19N3O2/c1-3-22(4-2)14-7-5-13(6-8-14)21-17-11-18(23)15-9-10-20-12-16(15)19(17)24/h5-12,21H,3-4H2,1-2H3. The Morgan fingerprint density at radius 1 is 1.00 bits per heavy atom. The summed E-state index contributed by atoms with van der Waals surface area (Å²) in [6.45, 7) is 6.09. The summed E-state index contributed by atoms with van der Waals surface area (Å²) in [6, 6.07) is 9.39. The monoisotopic (exact) mass is 321 g/mol. The number of fused-ring (bicyclic) bond motifs is 1. The molecule has 2 aromatic rings. The van der Waals surface area contributed by atoms with Gasteiger partial charge >= 0.3 is 0 Å². The van der Waals surface area contributed by atoms with E-state index in [1.807, 2.05) is 24.3 Å². The van der Waals surface area contributed by atoms with E-state index >= 15 is 0 Å². The van der Waals surface area contributed by atoms with Crippen molar-refractivity contribution in [2.75, 3.05) is 23.3 Å². The fraction of sp³-hybridized carbons (Fsp3) is 0.211. The number of carbonyl (C=O) groups is 2. The number of benzene rings is 1. The summed E-state index contributed by atoms with van der Waals surface area (Å²) < 4.78 is 0. The molecule has 1 aliphatic rings. The Balaban J connectivity index is 1.82. The highest BCUT2D eigenvalue weighted by molar-refractivity contribution is 6.25. The fourth-order valence-electron chi connectivity index (χ4n) is 2.80. The van der Waals surface area contributed by atoms with E-state index in [0.29, 0.717) is 11.1 Å². The number of anilines is 2. The second kappa shape index (κ2) is 6.66. The summed E-state index contributed by atoms with van der Waals surface area (Å²) in [5.74, 6) is -0.403. The van der Waals surface area contributed by atoms with Gasteiger partial charge in [0.15, 0.2) is 5.78 Å². The van der Waals surface area contributed by atoms with Gasteiger partial charge in [0.05, 0.1) is 11.3 Å². The SMILES string of the molecule is CCN(CC)c1ccc(NC2=CC(=O)c3ccncc3C2=O)cc1. The molecule has 5 heteroatoms. The van der Waals surface area contributed by atoms with Crippen molar-refractivity contribution in [2.24, 2.45) is 0 Å². The van der Waals surface area contributed by atoms with Crippen LogP contribution < -0.4 is 10.2 Å². The van der Waals surface area contributed by atoms with Gasteiger partial charge in [0.2, 0.25) is 5.78 Å². The lowest BCUT2D eigenvalue weighted by atomic mass is 9.94. The van der Waals surface area contributed by atoms with Crippen LogP contribution in [0.25, 0.3) is 0 Å². The van der Waals surface area contributed by atoms with Crippen molar-refractivity contribution in [1.29, 1.82) is 0 Å². The minimum atomic E-state index is -0.217. The molecule has 0 saturated heterocycles. The molecule has 0 unspecified atom stereocenters. The molecular formula is C19H19N3O2. The predicted octanol–water partition coefficient (Wildman–Crippen LogP) is 3.30. The number of rotatable bonds is 5.